The molecule has 0 unspecified atom stereocenters. The number of benzene rings is 1. The normalized spacial score (nSPS) is 15.2. The number of rotatable bonds is 2. The lowest BCUT2D eigenvalue weighted by molar-refractivity contribution is -0.129. The molecule has 2 heterocycles. The van der Waals surface area contributed by atoms with Gasteiger partial charge in [-0.3, -0.25) is 4.79 Å². The molecule has 8 heteroatoms. The highest BCUT2D eigenvalue weighted by molar-refractivity contribution is 5.93. The molecule has 0 atom stereocenters. The lowest BCUT2D eigenvalue weighted by Crippen LogP contribution is -2.40. The van der Waals surface area contributed by atoms with E-state index in [4.69, 9.17) is 0 Å². The van der Waals surface area contributed by atoms with Gasteiger partial charge in [-0.1, -0.05) is 12.1 Å². The fourth-order valence-electron chi connectivity index (χ4n) is 2.75. The zero-order chi connectivity index (χ0) is 18.0. The summed E-state index contributed by atoms with van der Waals surface area (Å²) in [5.74, 6) is -0.487. The molecule has 1 aromatic carbocycles. The van der Waals surface area contributed by atoms with Crippen LogP contribution in [0.3, 0.4) is 0 Å². The molecule has 0 spiro atoms. The van der Waals surface area contributed by atoms with Crippen molar-refractivity contribution >= 4 is 17.6 Å². The van der Waals surface area contributed by atoms with Crippen LogP contribution >= 0.6 is 0 Å². The quantitative estimate of drug-likeness (QED) is 0.905. The Kier molecular flexibility index (Phi) is 4.69. The highest BCUT2D eigenvalue weighted by Gasteiger charge is 2.24. The molecular weight excluding hydrogens is 325 g/mol. The summed E-state index contributed by atoms with van der Waals surface area (Å²) in [7, 11) is 1.73. The number of anilines is 1. The van der Waals surface area contributed by atoms with E-state index in [-0.39, 0.29) is 18.5 Å². The molecule has 1 fully saturated rings. The molecule has 0 bridgehead atoms. The van der Waals surface area contributed by atoms with Crippen LogP contribution in [0.25, 0.3) is 5.69 Å². The van der Waals surface area contributed by atoms with E-state index in [9.17, 15) is 14.0 Å². The summed E-state index contributed by atoms with van der Waals surface area (Å²) in [6, 6.07) is 5.93. The number of carbonyl (C=O) groups is 2. The van der Waals surface area contributed by atoms with Gasteiger partial charge in [0.05, 0.1) is 17.6 Å². The molecule has 7 nitrogen and oxygen atoms in total. The second-order valence-corrected chi connectivity index (χ2v) is 6.03. The predicted molar refractivity (Wildman–Crippen MR) is 91.1 cm³/mol. The number of nitrogens with one attached hydrogen (secondary N) is 1. The number of hydrogen-bond donors (Lipinski definition) is 1. The van der Waals surface area contributed by atoms with Gasteiger partial charge in [0, 0.05) is 20.1 Å². The van der Waals surface area contributed by atoms with Crippen LogP contribution in [0.1, 0.15) is 12.1 Å². The molecule has 25 heavy (non-hydrogen) atoms. The molecule has 0 saturated carbocycles. The van der Waals surface area contributed by atoms with Crippen LogP contribution < -0.4 is 5.32 Å². The van der Waals surface area contributed by atoms with Gasteiger partial charge in [0.25, 0.3) is 0 Å². The van der Waals surface area contributed by atoms with Crippen LogP contribution in [0.5, 0.6) is 0 Å². The van der Waals surface area contributed by atoms with Crippen LogP contribution in [0.4, 0.5) is 14.9 Å². The number of urea groups is 1. The second-order valence-electron chi connectivity index (χ2n) is 6.03. The Morgan fingerprint density at radius 1 is 1.28 bits per heavy atom. The summed E-state index contributed by atoms with van der Waals surface area (Å²) < 4.78 is 15.4. The monoisotopic (exact) mass is 345 g/mol. The first-order valence-corrected chi connectivity index (χ1v) is 8.07. The summed E-state index contributed by atoms with van der Waals surface area (Å²) in [5.41, 5.74) is 1.40. The Bertz CT molecular complexity index is 804. The number of hydrogen-bond acceptors (Lipinski definition) is 3. The fourth-order valence-corrected chi connectivity index (χ4v) is 2.75. The number of para-hydroxylation sites is 1. The van der Waals surface area contributed by atoms with Crippen molar-refractivity contribution in [1.82, 2.24) is 19.6 Å². The maximum absolute atomic E-state index is 13.9. The van der Waals surface area contributed by atoms with E-state index in [1.165, 1.54) is 21.8 Å². The van der Waals surface area contributed by atoms with Gasteiger partial charge in [-0.05, 0) is 25.5 Å². The minimum absolute atomic E-state index is 0.0445. The molecule has 3 rings (SSSR count). The Balaban J connectivity index is 1.77. The number of likely N-dealkylation sites (N-methyl/N-ethyl adjacent to an activating group) is 1. The summed E-state index contributed by atoms with van der Waals surface area (Å²) in [5, 5.41) is 6.92. The highest BCUT2D eigenvalue weighted by Crippen LogP contribution is 2.20. The first-order chi connectivity index (χ1) is 12.0. The third-order valence-electron chi connectivity index (χ3n) is 4.29. The van der Waals surface area contributed by atoms with Gasteiger partial charge in [-0.25, -0.2) is 13.9 Å². The number of carbonyl (C=O) groups excluding carboxylic acids is 2. The Labute approximate surface area is 145 Å². The lowest BCUT2D eigenvalue weighted by Gasteiger charge is -2.20. The van der Waals surface area contributed by atoms with Crippen LogP contribution in [0, 0.1) is 12.7 Å². The molecule has 132 valence electrons. The third kappa shape index (κ3) is 3.47. The predicted octanol–water partition coefficient (Wildman–Crippen LogP) is 2.02. The van der Waals surface area contributed by atoms with Crippen molar-refractivity contribution in [1.29, 1.82) is 0 Å². The molecule has 1 aliphatic rings. The average Bonchev–Trinajstić information content (AvgIpc) is 2.84. The Morgan fingerprint density at radius 3 is 2.80 bits per heavy atom. The van der Waals surface area contributed by atoms with Gasteiger partial charge < -0.3 is 15.1 Å². The maximum atomic E-state index is 13.9. The van der Waals surface area contributed by atoms with Gasteiger partial charge in [0.15, 0.2) is 0 Å². The summed E-state index contributed by atoms with van der Waals surface area (Å²) >= 11 is 0. The maximum Gasteiger partial charge on any atom is 0.322 e. The molecule has 2 aromatic rings. The van der Waals surface area contributed by atoms with E-state index in [2.05, 4.69) is 10.4 Å². The van der Waals surface area contributed by atoms with Crippen molar-refractivity contribution in [2.75, 3.05) is 32.0 Å². The topological polar surface area (TPSA) is 70.5 Å². The van der Waals surface area contributed by atoms with Crippen molar-refractivity contribution in [3.8, 4) is 5.69 Å². The van der Waals surface area contributed by atoms with Gasteiger partial charge in [-0.2, -0.15) is 5.10 Å². The van der Waals surface area contributed by atoms with E-state index < -0.39 is 5.82 Å². The van der Waals surface area contributed by atoms with Crippen molar-refractivity contribution in [3.63, 3.8) is 0 Å². The number of halogens is 1. The molecule has 0 aliphatic carbocycles. The summed E-state index contributed by atoms with van der Waals surface area (Å²) in [6.07, 6.45) is 2.20. The zero-order valence-corrected chi connectivity index (χ0v) is 14.2. The van der Waals surface area contributed by atoms with Crippen molar-refractivity contribution in [2.45, 2.75) is 13.3 Å². The van der Waals surface area contributed by atoms with Crippen molar-refractivity contribution in [2.24, 2.45) is 0 Å². The average molecular weight is 345 g/mol. The van der Waals surface area contributed by atoms with E-state index in [0.717, 1.165) is 6.42 Å². The highest BCUT2D eigenvalue weighted by atomic mass is 19.1. The smallest absolute Gasteiger partial charge is 0.322 e. The van der Waals surface area contributed by atoms with Crippen LogP contribution in [-0.2, 0) is 4.79 Å². The Morgan fingerprint density at radius 2 is 2.04 bits per heavy atom. The molecule has 0 radical (unpaired) electrons. The van der Waals surface area contributed by atoms with Crippen LogP contribution in [0.15, 0.2) is 30.5 Å². The molecular formula is C17H20FN5O2. The minimum Gasteiger partial charge on any atom is -0.344 e. The third-order valence-corrected chi connectivity index (χ3v) is 4.29. The van der Waals surface area contributed by atoms with Gasteiger partial charge >= 0.3 is 6.03 Å². The van der Waals surface area contributed by atoms with E-state index in [0.29, 0.717) is 30.2 Å². The van der Waals surface area contributed by atoms with Crippen LogP contribution in [-0.4, -0.2) is 58.2 Å². The van der Waals surface area contributed by atoms with Gasteiger partial charge in [0.2, 0.25) is 5.91 Å². The van der Waals surface area contributed by atoms with Crippen LogP contribution in [0.2, 0.25) is 0 Å². The van der Waals surface area contributed by atoms with E-state index in [1.54, 1.807) is 37.1 Å². The lowest BCUT2D eigenvalue weighted by atomic mass is 10.3. The van der Waals surface area contributed by atoms with Crippen molar-refractivity contribution < 1.29 is 14.0 Å². The number of nitrogens with zero attached hydrogens (tertiary/aromatic N) is 4. The van der Waals surface area contributed by atoms with Crippen molar-refractivity contribution in [3.05, 3.63) is 42.0 Å². The SMILES string of the molecule is Cc1c(NC(=O)N2CCCN(C)C(=O)C2)cnn1-c1ccccc1F. The summed E-state index contributed by atoms with van der Waals surface area (Å²) in [6.45, 7) is 2.93. The first kappa shape index (κ1) is 16.9. The van der Waals surface area contributed by atoms with Gasteiger partial charge in [0.1, 0.15) is 18.0 Å². The molecule has 3 amide bonds. The Hall–Kier alpha value is -2.90. The van der Waals surface area contributed by atoms with E-state index >= 15 is 0 Å². The van der Waals surface area contributed by atoms with E-state index in [1.807, 2.05) is 0 Å². The number of aromatic nitrogens is 2. The molecule has 1 aromatic heterocycles. The number of amides is 3. The fraction of sp³-hybridized carbons (Fsp3) is 0.353. The largest absolute Gasteiger partial charge is 0.344 e. The standard InChI is InChI=1S/C17H20FN5O2/c1-12-14(10-19-23(12)15-7-4-3-6-13(15)18)20-17(25)22-9-5-8-21(2)16(24)11-22/h3-4,6-7,10H,5,8-9,11H2,1-2H3,(H,20,25). The molecule has 1 saturated heterocycles. The van der Waals surface area contributed by atoms with Gasteiger partial charge in [-0.15, -0.1) is 0 Å². The summed E-state index contributed by atoms with van der Waals surface area (Å²) in [4.78, 5) is 27.5. The zero-order valence-electron chi connectivity index (χ0n) is 14.2. The second kappa shape index (κ2) is 6.92. The molecule has 1 aliphatic heterocycles. The first-order valence-electron chi connectivity index (χ1n) is 8.07. The molecule has 1 N–H and O–H groups in total. The minimum atomic E-state index is -0.396.